The van der Waals surface area contributed by atoms with Gasteiger partial charge in [0.05, 0.1) is 24.3 Å². The van der Waals surface area contributed by atoms with Crippen molar-refractivity contribution >= 4 is 15.7 Å². The van der Waals surface area contributed by atoms with Crippen molar-refractivity contribution in [2.24, 2.45) is 0 Å². The number of piperazine rings is 1. The third-order valence-electron chi connectivity index (χ3n) is 3.59. The highest BCUT2D eigenvalue weighted by Crippen LogP contribution is 2.27. The second-order valence-electron chi connectivity index (χ2n) is 4.87. The molecular weight excluding hydrogens is 294 g/mol. The highest BCUT2D eigenvalue weighted by molar-refractivity contribution is 7.89. The normalized spacial score (nSPS) is 17.8. The lowest BCUT2D eigenvalue weighted by Gasteiger charge is -2.33. The van der Waals surface area contributed by atoms with Gasteiger partial charge >= 0.3 is 0 Å². The quantitative estimate of drug-likeness (QED) is 0.716. The smallest absolute Gasteiger partial charge is 0.243 e. The molecular formula is C13H21N3O4S. The number of anilines is 1. The summed E-state index contributed by atoms with van der Waals surface area (Å²) in [7, 11) is -2.09. The number of aliphatic hydroxyl groups is 1. The van der Waals surface area contributed by atoms with Crippen LogP contribution in [0.5, 0.6) is 5.75 Å². The molecule has 1 aromatic rings. The molecule has 1 aromatic carbocycles. The second kappa shape index (κ2) is 6.61. The molecule has 1 fully saturated rings. The highest BCUT2D eigenvalue weighted by atomic mass is 32.2. The Bertz CT molecular complexity index is 583. The van der Waals surface area contributed by atoms with Gasteiger partial charge in [0.25, 0.3) is 0 Å². The monoisotopic (exact) mass is 315 g/mol. The van der Waals surface area contributed by atoms with Crippen molar-refractivity contribution in [3.63, 3.8) is 0 Å². The summed E-state index contributed by atoms with van der Waals surface area (Å²) in [6.07, 6.45) is 0. The van der Waals surface area contributed by atoms with Crippen LogP contribution in [0.4, 0.5) is 5.69 Å². The first-order valence-electron chi connectivity index (χ1n) is 6.76. The van der Waals surface area contributed by atoms with Crippen LogP contribution in [0, 0.1) is 0 Å². The van der Waals surface area contributed by atoms with E-state index in [1.807, 2.05) is 4.90 Å². The van der Waals surface area contributed by atoms with E-state index in [1.165, 1.54) is 29.6 Å². The first-order chi connectivity index (χ1) is 9.98. The number of nitrogens with two attached hydrogens (primary N) is 1. The first kappa shape index (κ1) is 16.0. The Kier molecular flexibility index (Phi) is 5.04. The lowest BCUT2D eigenvalue weighted by molar-refractivity contribution is 0.151. The topological polar surface area (TPSA) is 96.1 Å². The van der Waals surface area contributed by atoms with Crippen molar-refractivity contribution in [1.82, 2.24) is 9.21 Å². The summed E-state index contributed by atoms with van der Waals surface area (Å²) >= 11 is 0. The largest absolute Gasteiger partial charge is 0.495 e. The van der Waals surface area contributed by atoms with E-state index in [0.717, 1.165) is 0 Å². The number of methoxy groups -OCH3 is 1. The number of nitrogen functional groups attached to an aromatic ring is 1. The maximum Gasteiger partial charge on any atom is 0.243 e. The summed E-state index contributed by atoms with van der Waals surface area (Å²) in [4.78, 5) is 2.22. The van der Waals surface area contributed by atoms with Gasteiger partial charge in [0, 0.05) is 38.8 Å². The molecule has 1 aliphatic rings. The van der Waals surface area contributed by atoms with Crippen LogP contribution in [-0.2, 0) is 10.0 Å². The zero-order valence-electron chi connectivity index (χ0n) is 12.0. The Morgan fingerprint density at radius 3 is 2.52 bits per heavy atom. The van der Waals surface area contributed by atoms with Gasteiger partial charge < -0.3 is 15.6 Å². The van der Waals surface area contributed by atoms with Gasteiger partial charge in [0.15, 0.2) is 0 Å². The Morgan fingerprint density at radius 2 is 1.95 bits per heavy atom. The number of β-amino-alcohol motifs (C(OH)–C–C–N with tert-alkyl or cyclic N) is 1. The molecule has 0 radical (unpaired) electrons. The Morgan fingerprint density at radius 1 is 1.29 bits per heavy atom. The van der Waals surface area contributed by atoms with Crippen LogP contribution in [-0.4, -0.2) is 69.2 Å². The predicted octanol–water partition coefficient (Wildman–Crippen LogP) is -0.424. The van der Waals surface area contributed by atoms with Gasteiger partial charge in [-0.1, -0.05) is 0 Å². The van der Waals surface area contributed by atoms with Gasteiger partial charge in [0.2, 0.25) is 10.0 Å². The van der Waals surface area contributed by atoms with Gasteiger partial charge in [-0.3, -0.25) is 4.90 Å². The molecule has 0 aliphatic carbocycles. The number of hydrogen-bond acceptors (Lipinski definition) is 6. The maximum absolute atomic E-state index is 12.6. The van der Waals surface area contributed by atoms with Crippen LogP contribution < -0.4 is 10.5 Å². The Balaban J connectivity index is 2.15. The van der Waals surface area contributed by atoms with Crippen molar-refractivity contribution < 1.29 is 18.3 Å². The Hall–Kier alpha value is -1.35. The highest BCUT2D eigenvalue weighted by Gasteiger charge is 2.28. The summed E-state index contributed by atoms with van der Waals surface area (Å²) in [5.74, 6) is 0.356. The Labute approximate surface area is 125 Å². The average Bonchev–Trinajstić information content (AvgIpc) is 2.48. The minimum absolute atomic E-state index is 0.0852. The van der Waals surface area contributed by atoms with Crippen molar-refractivity contribution in [2.45, 2.75) is 4.90 Å². The van der Waals surface area contributed by atoms with Crippen LogP contribution in [0.25, 0.3) is 0 Å². The van der Waals surface area contributed by atoms with E-state index < -0.39 is 10.0 Å². The second-order valence-corrected chi connectivity index (χ2v) is 6.81. The van der Waals surface area contributed by atoms with Crippen LogP contribution in [0.2, 0.25) is 0 Å². The number of benzene rings is 1. The molecule has 0 unspecified atom stereocenters. The first-order valence-corrected chi connectivity index (χ1v) is 8.20. The number of rotatable bonds is 5. The molecule has 118 valence electrons. The molecule has 21 heavy (non-hydrogen) atoms. The van der Waals surface area contributed by atoms with Crippen molar-refractivity contribution in [2.75, 3.05) is 52.2 Å². The van der Waals surface area contributed by atoms with E-state index in [4.69, 9.17) is 15.6 Å². The molecule has 0 aromatic heterocycles. The molecule has 0 atom stereocenters. The third-order valence-corrected chi connectivity index (χ3v) is 5.48. The fourth-order valence-corrected chi connectivity index (χ4v) is 3.77. The van der Waals surface area contributed by atoms with E-state index in [9.17, 15) is 8.42 Å². The van der Waals surface area contributed by atoms with Gasteiger partial charge in [-0.05, 0) is 12.1 Å². The summed E-state index contributed by atoms with van der Waals surface area (Å²) < 4.78 is 31.7. The van der Waals surface area contributed by atoms with Crippen LogP contribution >= 0.6 is 0 Å². The zero-order chi connectivity index (χ0) is 15.5. The lowest BCUT2D eigenvalue weighted by atomic mass is 10.3. The summed E-state index contributed by atoms with van der Waals surface area (Å²) in [5.41, 5.74) is 6.12. The van der Waals surface area contributed by atoms with Gasteiger partial charge in [0.1, 0.15) is 5.75 Å². The summed E-state index contributed by atoms with van der Waals surface area (Å²) in [6.45, 7) is 2.72. The van der Waals surface area contributed by atoms with Crippen molar-refractivity contribution in [1.29, 1.82) is 0 Å². The number of ether oxygens (including phenoxy) is 1. The molecule has 0 spiro atoms. The predicted molar refractivity (Wildman–Crippen MR) is 79.7 cm³/mol. The number of sulfonamides is 1. The zero-order valence-corrected chi connectivity index (χ0v) is 12.8. The standard InChI is InChI=1S/C13H21N3O4S/c1-20-13-10-11(2-3-12(13)14)21(18,19)16-6-4-15(5-7-16)8-9-17/h2-3,10,17H,4-9,14H2,1H3. The molecule has 1 heterocycles. The van der Waals surface area contributed by atoms with Gasteiger partial charge in [-0.15, -0.1) is 0 Å². The average molecular weight is 315 g/mol. The van der Waals surface area contributed by atoms with E-state index >= 15 is 0 Å². The van der Waals surface area contributed by atoms with Crippen molar-refractivity contribution in [3.05, 3.63) is 18.2 Å². The van der Waals surface area contributed by atoms with Crippen LogP contribution in [0.3, 0.4) is 0 Å². The van der Waals surface area contributed by atoms with E-state index in [-0.39, 0.29) is 11.5 Å². The van der Waals surface area contributed by atoms with Crippen LogP contribution in [0.15, 0.2) is 23.1 Å². The minimum Gasteiger partial charge on any atom is -0.495 e. The fraction of sp³-hybridized carbons (Fsp3) is 0.538. The molecule has 0 saturated carbocycles. The van der Waals surface area contributed by atoms with E-state index in [0.29, 0.717) is 44.2 Å². The minimum atomic E-state index is -3.54. The SMILES string of the molecule is COc1cc(S(=O)(=O)N2CCN(CCO)CC2)ccc1N. The molecule has 8 heteroatoms. The fourth-order valence-electron chi connectivity index (χ4n) is 2.34. The number of hydrogen-bond donors (Lipinski definition) is 2. The van der Waals surface area contributed by atoms with E-state index in [2.05, 4.69) is 0 Å². The molecule has 3 N–H and O–H groups in total. The summed E-state index contributed by atoms with van der Waals surface area (Å²) in [5, 5.41) is 8.91. The molecule has 7 nitrogen and oxygen atoms in total. The molecule has 1 aliphatic heterocycles. The van der Waals surface area contributed by atoms with Crippen LogP contribution in [0.1, 0.15) is 0 Å². The lowest BCUT2D eigenvalue weighted by Crippen LogP contribution is -2.49. The summed E-state index contributed by atoms with van der Waals surface area (Å²) in [6, 6.07) is 4.48. The third kappa shape index (κ3) is 3.46. The number of nitrogens with zero attached hydrogens (tertiary/aromatic N) is 2. The van der Waals surface area contributed by atoms with Crippen molar-refractivity contribution in [3.8, 4) is 5.75 Å². The molecule has 0 amide bonds. The molecule has 0 bridgehead atoms. The van der Waals surface area contributed by atoms with Gasteiger partial charge in [-0.25, -0.2) is 8.42 Å². The van der Waals surface area contributed by atoms with E-state index in [1.54, 1.807) is 0 Å². The van der Waals surface area contributed by atoms with Gasteiger partial charge in [-0.2, -0.15) is 4.31 Å². The molecule has 1 saturated heterocycles. The number of aliphatic hydroxyl groups excluding tert-OH is 1. The molecule has 2 rings (SSSR count). The maximum atomic E-state index is 12.6.